The third kappa shape index (κ3) is 3.92. The van der Waals surface area contributed by atoms with Crippen molar-refractivity contribution >= 4 is 29.2 Å². The zero-order chi connectivity index (χ0) is 15.3. The molecule has 0 aliphatic carbocycles. The third-order valence-corrected chi connectivity index (χ3v) is 2.97. The van der Waals surface area contributed by atoms with Crippen molar-refractivity contribution < 1.29 is 19.6 Å². The molecule has 2 N–H and O–H groups in total. The predicted molar refractivity (Wildman–Crippen MR) is 71.9 cm³/mol. The van der Waals surface area contributed by atoms with Gasteiger partial charge in [-0.25, -0.2) is 0 Å². The SMILES string of the molecule is CCC(CC(=O)O)NC(=O)c1cccc(Cl)c1[N+](=O)[O-]. The van der Waals surface area contributed by atoms with Crippen molar-refractivity contribution in [3.8, 4) is 0 Å². The Bertz CT molecular complexity index is 547. The van der Waals surface area contributed by atoms with Crippen LogP contribution < -0.4 is 5.32 Å². The van der Waals surface area contributed by atoms with Gasteiger partial charge in [-0.05, 0) is 18.6 Å². The van der Waals surface area contributed by atoms with Gasteiger partial charge in [-0.15, -0.1) is 0 Å². The van der Waals surface area contributed by atoms with Crippen molar-refractivity contribution in [2.24, 2.45) is 0 Å². The van der Waals surface area contributed by atoms with E-state index in [-0.39, 0.29) is 17.0 Å². The minimum absolute atomic E-state index is 0.145. The lowest BCUT2D eigenvalue weighted by Gasteiger charge is -2.14. The smallest absolute Gasteiger partial charge is 0.305 e. The monoisotopic (exact) mass is 300 g/mol. The number of hydrogen-bond donors (Lipinski definition) is 2. The normalized spacial score (nSPS) is 11.7. The summed E-state index contributed by atoms with van der Waals surface area (Å²) in [6, 6.07) is 3.40. The van der Waals surface area contributed by atoms with E-state index in [1.54, 1.807) is 6.92 Å². The van der Waals surface area contributed by atoms with Gasteiger partial charge in [0.15, 0.2) is 0 Å². The number of para-hydroxylation sites is 1. The molecular weight excluding hydrogens is 288 g/mol. The van der Waals surface area contributed by atoms with Crippen LogP contribution in [0.4, 0.5) is 5.69 Å². The molecular formula is C12H13ClN2O5. The molecule has 1 rings (SSSR count). The Hall–Kier alpha value is -2.15. The molecule has 1 atom stereocenters. The largest absolute Gasteiger partial charge is 0.481 e. The molecule has 0 bridgehead atoms. The van der Waals surface area contributed by atoms with Crippen molar-refractivity contribution in [1.82, 2.24) is 5.32 Å². The van der Waals surface area contributed by atoms with Crippen LogP contribution in [0.5, 0.6) is 0 Å². The summed E-state index contributed by atoms with van der Waals surface area (Å²) in [6.07, 6.45) is 0.142. The van der Waals surface area contributed by atoms with E-state index in [1.165, 1.54) is 18.2 Å². The van der Waals surface area contributed by atoms with Crippen LogP contribution in [0.25, 0.3) is 0 Å². The lowest BCUT2D eigenvalue weighted by atomic mass is 10.1. The van der Waals surface area contributed by atoms with E-state index in [0.717, 1.165) is 0 Å². The van der Waals surface area contributed by atoms with Gasteiger partial charge in [0.05, 0.1) is 11.3 Å². The van der Waals surface area contributed by atoms with Crippen molar-refractivity contribution in [2.75, 3.05) is 0 Å². The van der Waals surface area contributed by atoms with E-state index in [9.17, 15) is 19.7 Å². The molecule has 20 heavy (non-hydrogen) atoms. The van der Waals surface area contributed by atoms with Crippen LogP contribution in [-0.2, 0) is 4.79 Å². The second-order valence-electron chi connectivity index (χ2n) is 4.07. The van der Waals surface area contributed by atoms with Crippen molar-refractivity contribution in [3.05, 3.63) is 38.9 Å². The minimum atomic E-state index is -1.06. The van der Waals surface area contributed by atoms with Gasteiger partial charge in [-0.3, -0.25) is 19.7 Å². The Morgan fingerprint density at radius 3 is 2.65 bits per heavy atom. The van der Waals surface area contributed by atoms with Crippen LogP contribution in [0.15, 0.2) is 18.2 Å². The molecule has 7 nitrogen and oxygen atoms in total. The molecule has 0 radical (unpaired) electrons. The summed E-state index contributed by atoms with van der Waals surface area (Å²) in [5, 5.41) is 21.9. The van der Waals surface area contributed by atoms with Crippen molar-refractivity contribution in [3.63, 3.8) is 0 Å². The molecule has 0 aliphatic heterocycles. The lowest BCUT2D eigenvalue weighted by molar-refractivity contribution is -0.385. The molecule has 0 aliphatic rings. The summed E-state index contributed by atoms with van der Waals surface area (Å²) in [6.45, 7) is 1.71. The van der Waals surface area contributed by atoms with E-state index < -0.39 is 28.5 Å². The second-order valence-corrected chi connectivity index (χ2v) is 4.48. The number of nitrogens with zero attached hydrogens (tertiary/aromatic N) is 1. The Labute approximate surface area is 119 Å². The minimum Gasteiger partial charge on any atom is -0.481 e. The second kappa shape index (κ2) is 6.85. The molecule has 1 aromatic carbocycles. The van der Waals surface area contributed by atoms with Crippen LogP contribution >= 0.6 is 11.6 Å². The van der Waals surface area contributed by atoms with Crippen LogP contribution in [0.2, 0.25) is 5.02 Å². The Kier molecular flexibility index (Phi) is 5.45. The number of halogens is 1. The molecule has 1 aromatic rings. The number of carbonyl (C=O) groups excluding carboxylic acids is 1. The molecule has 1 unspecified atom stereocenters. The average molecular weight is 301 g/mol. The van der Waals surface area contributed by atoms with Crippen LogP contribution in [0.1, 0.15) is 30.1 Å². The number of nitrogens with one attached hydrogen (secondary N) is 1. The van der Waals surface area contributed by atoms with Gasteiger partial charge in [-0.1, -0.05) is 24.6 Å². The Morgan fingerprint density at radius 2 is 2.15 bits per heavy atom. The van der Waals surface area contributed by atoms with Gasteiger partial charge in [0, 0.05) is 6.04 Å². The number of benzene rings is 1. The number of carboxylic acid groups (broad SMARTS) is 1. The van der Waals surface area contributed by atoms with Gasteiger partial charge >= 0.3 is 11.7 Å². The van der Waals surface area contributed by atoms with E-state index >= 15 is 0 Å². The number of nitro benzene ring substituents is 1. The highest BCUT2D eigenvalue weighted by Crippen LogP contribution is 2.28. The number of amides is 1. The zero-order valence-electron chi connectivity index (χ0n) is 10.6. The quantitative estimate of drug-likeness (QED) is 0.618. The fourth-order valence-corrected chi connectivity index (χ4v) is 1.90. The van der Waals surface area contributed by atoms with E-state index in [4.69, 9.17) is 16.7 Å². The highest BCUT2D eigenvalue weighted by Gasteiger charge is 2.25. The molecule has 0 heterocycles. The third-order valence-electron chi connectivity index (χ3n) is 2.66. The summed E-state index contributed by atoms with van der Waals surface area (Å²) in [5.41, 5.74) is -0.678. The summed E-state index contributed by atoms with van der Waals surface area (Å²) in [4.78, 5) is 32.8. The maximum atomic E-state index is 12.0. The summed E-state index contributed by atoms with van der Waals surface area (Å²) >= 11 is 5.71. The molecule has 0 saturated heterocycles. The van der Waals surface area contributed by atoms with Gasteiger partial charge < -0.3 is 10.4 Å². The Balaban J connectivity index is 3.00. The van der Waals surface area contributed by atoms with E-state index in [0.29, 0.717) is 6.42 Å². The number of aliphatic carboxylic acids is 1. The molecule has 0 spiro atoms. The van der Waals surface area contributed by atoms with Crippen LogP contribution in [0, 0.1) is 10.1 Å². The number of rotatable bonds is 6. The van der Waals surface area contributed by atoms with Gasteiger partial charge in [0.2, 0.25) is 0 Å². The molecule has 8 heteroatoms. The van der Waals surface area contributed by atoms with Gasteiger partial charge in [-0.2, -0.15) is 0 Å². The molecule has 0 saturated carbocycles. The number of nitro groups is 1. The highest BCUT2D eigenvalue weighted by molar-refractivity contribution is 6.33. The van der Waals surface area contributed by atoms with Crippen molar-refractivity contribution in [2.45, 2.75) is 25.8 Å². The summed E-state index contributed by atoms with van der Waals surface area (Å²) < 4.78 is 0. The molecule has 1 amide bonds. The highest BCUT2D eigenvalue weighted by atomic mass is 35.5. The van der Waals surface area contributed by atoms with Gasteiger partial charge in [0.1, 0.15) is 10.6 Å². The fraction of sp³-hybridized carbons (Fsp3) is 0.333. The standard InChI is InChI=1S/C12H13ClN2O5/c1-2-7(6-10(16)17)14-12(18)8-4-3-5-9(13)11(8)15(19)20/h3-5,7H,2,6H2,1H3,(H,14,18)(H,16,17). The summed E-state index contributed by atoms with van der Waals surface area (Å²) in [7, 11) is 0. The molecule has 0 fully saturated rings. The molecule has 0 aromatic heterocycles. The van der Waals surface area contributed by atoms with Crippen LogP contribution in [-0.4, -0.2) is 27.9 Å². The maximum Gasteiger partial charge on any atom is 0.305 e. The van der Waals surface area contributed by atoms with Crippen LogP contribution in [0.3, 0.4) is 0 Å². The van der Waals surface area contributed by atoms with Crippen molar-refractivity contribution in [1.29, 1.82) is 0 Å². The first-order valence-corrected chi connectivity index (χ1v) is 6.20. The zero-order valence-corrected chi connectivity index (χ0v) is 11.4. The average Bonchev–Trinajstić information content (AvgIpc) is 2.36. The molecule has 108 valence electrons. The number of hydrogen-bond acceptors (Lipinski definition) is 4. The first-order valence-electron chi connectivity index (χ1n) is 5.82. The lowest BCUT2D eigenvalue weighted by Crippen LogP contribution is -2.36. The maximum absolute atomic E-state index is 12.0. The first-order chi connectivity index (χ1) is 9.36. The first kappa shape index (κ1) is 15.9. The fourth-order valence-electron chi connectivity index (χ4n) is 1.66. The number of carboxylic acids is 1. The number of carbonyl (C=O) groups is 2. The summed E-state index contributed by atoms with van der Waals surface area (Å²) in [5.74, 6) is -1.77. The Morgan fingerprint density at radius 1 is 1.50 bits per heavy atom. The topological polar surface area (TPSA) is 110 Å². The van der Waals surface area contributed by atoms with Gasteiger partial charge in [0.25, 0.3) is 5.91 Å². The predicted octanol–water partition coefficient (Wildman–Crippen LogP) is 2.23. The van der Waals surface area contributed by atoms with E-state index in [2.05, 4.69) is 5.32 Å². The van der Waals surface area contributed by atoms with E-state index in [1.807, 2.05) is 0 Å².